The van der Waals surface area contributed by atoms with Gasteiger partial charge in [-0.3, -0.25) is 4.79 Å². The molecule has 0 aromatic carbocycles. The Hall–Kier alpha value is -1.37. The molecule has 0 aromatic rings. The lowest BCUT2D eigenvalue weighted by atomic mass is 10.1. The molecule has 0 aliphatic heterocycles. The molecule has 0 heterocycles. The molecule has 0 aromatic heterocycles. The maximum absolute atomic E-state index is 11.6. The number of carbonyl (C=O) groups is 1. The monoisotopic (exact) mass is 272 g/mol. The van der Waals surface area contributed by atoms with E-state index in [1.807, 2.05) is 0 Å². The lowest BCUT2D eigenvalue weighted by molar-refractivity contribution is -0.115. The van der Waals surface area contributed by atoms with Crippen molar-refractivity contribution in [2.75, 3.05) is 0 Å². The lowest BCUT2D eigenvalue weighted by Gasteiger charge is -1.99. The standard InChI is InChI=1S/C19H28O/c1-16(2)12-10-8-6-4-5-7-9-11-13-18-17(3)14-15-19(18)20/h6-9H,1,4-5,10-15H2,2-3H3/b8-6+,9-7+. The summed E-state index contributed by atoms with van der Waals surface area (Å²) in [7, 11) is 0. The molecule has 20 heavy (non-hydrogen) atoms. The summed E-state index contributed by atoms with van der Waals surface area (Å²) in [4.78, 5) is 11.6. The summed E-state index contributed by atoms with van der Waals surface area (Å²) in [5.41, 5.74) is 3.65. The zero-order chi connectivity index (χ0) is 14.8. The second kappa shape index (κ2) is 9.52. The summed E-state index contributed by atoms with van der Waals surface area (Å²) in [5.74, 6) is 0.372. The van der Waals surface area contributed by atoms with E-state index in [-0.39, 0.29) is 0 Å². The van der Waals surface area contributed by atoms with Crippen LogP contribution in [0.25, 0.3) is 0 Å². The first-order valence-electron chi connectivity index (χ1n) is 7.77. The molecule has 0 fully saturated rings. The summed E-state index contributed by atoms with van der Waals surface area (Å²) < 4.78 is 0. The van der Waals surface area contributed by atoms with E-state index >= 15 is 0 Å². The minimum Gasteiger partial charge on any atom is -0.295 e. The van der Waals surface area contributed by atoms with Gasteiger partial charge in [0, 0.05) is 6.42 Å². The fourth-order valence-corrected chi connectivity index (χ4v) is 2.41. The highest BCUT2D eigenvalue weighted by atomic mass is 16.1. The van der Waals surface area contributed by atoms with Crippen LogP contribution in [-0.2, 0) is 4.79 Å². The third-order valence-corrected chi connectivity index (χ3v) is 3.71. The molecule has 1 rings (SSSR count). The molecule has 0 radical (unpaired) electrons. The molecular weight excluding hydrogens is 244 g/mol. The summed E-state index contributed by atoms with van der Waals surface area (Å²) in [6, 6.07) is 0. The van der Waals surface area contributed by atoms with Gasteiger partial charge in [-0.2, -0.15) is 0 Å². The van der Waals surface area contributed by atoms with Crippen LogP contribution < -0.4 is 0 Å². The minimum atomic E-state index is 0.372. The van der Waals surface area contributed by atoms with Gasteiger partial charge in [-0.05, 0) is 64.4 Å². The molecule has 0 saturated heterocycles. The predicted molar refractivity (Wildman–Crippen MR) is 87.7 cm³/mol. The van der Waals surface area contributed by atoms with Gasteiger partial charge in [0.1, 0.15) is 0 Å². The van der Waals surface area contributed by atoms with Crippen molar-refractivity contribution < 1.29 is 4.79 Å². The highest BCUT2D eigenvalue weighted by molar-refractivity contribution is 5.98. The number of hydrogen-bond acceptors (Lipinski definition) is 1. The van der Waals surface area contributed by atoms with Crippen molar-refractivity contribution in [1.82, 2.24) is 0 Å². The van der Waals surface area contributed by atoms with E-state index in [0.29, 0.717) is 5.78 Å². The Morgan fingerprint density at radius 3 is 2.20 bits per heavy atom. The molecule has 0 unspecified atom stereocenters. The molecular formula is C19H28O. The molecule has 1 aliphatic carbocycles. The Morgan fingerprint density at radius 2 is 1.65 bits per heavy atom. The van der Waals surface area contributed by atoms with Crippen molar-refractivity contribution in [3.63, 3.8) is 0 Å². The minimum absolute atomic E-state index is 0.372. The Labute approximate surface area is 124 Å². The Bertz CT molecular complexity index is 421. The first-order valence-corrected chi connectivity index (χ1v) is 7.77. The highest BCUT2D eigenvalue weighted by Gasteiger charge is 2.18. The number of allylic oxidation sites excluding steroid dienone is 7. The maximum atomic E-state index is 11.6. The fraction of sp³-hybridized carbons (Fsp3) is 0.526. The van der Waals surface area contributed by atoms with Gasteiger partial charge in [0.25, 0.3) is 0 Å². The Morgan fingerprint density at radius 1 is 1.05 bits per heavy atom. The first-order chi connectivity index (χ1) is 9.61. The van der Waals surface area contributed by atoms with Gasteiger partial charge in [-0.25, -0.2) is 0 Å². The van der Waals surface area contributed by atoms with Gasteiger partial charge in [-0.15, -0.1) is 6.58 Å². The van der Waals surface area contributed by atoms with Crippen molar-refractivity contribution in [3.8, 4) is 0 Å². The van der Waals surface area contributed by atoms with Crippen LogP contribution in [-0.4, -0.2) is 5.78 Å². The number of ketones is 1. The summed E-state index contributed by atoms with van der Waals surface area (Å²) in [6.07, 6.45) is 17.0. The molecule has 0 N–H and O–H groups in total. The van der Waals surface area contributed by atoms with Crippen LogP contribution in [0.2, 0.25) is 0 Å². The van der Waals surface area contributed by atoms with Crippen LogP contribution in [0, 0.1) is 0 Å². The third-order valence-electron chi connectivity index (χ3n) is 3.71. The zero-order valence-electron chi connectivity index (χ0n) is 13.1. The quantitative estimate of drug-likeness (QED) is 0.389. The van der Waals surface area contributed by atoms with Gasteiger partial charge < -0.3 is 0 Å². The molecule has 0 saturated carbocycles. The largest absolute Gasteiger partial charge is 0.295 e. The van der Waals surface area contributed by atoms with Crippen LogP contribution in [0.1, 0.15) is 65.2 Å². The van der Waals surface area contributed by atoms with E-state index in [1.54, 1.807) is 0 Å². The van der Waals surface area contributed by atoms with E-state index in [9.17, 15) is 4.79 Å². The van der Waals surface area contributed by atoms with Gasteiger partial charge in [0.05, 0.1) is 0 Å². The van der Waals surface area contributed by atoms with Crippen LogP contribution in [0.15, 0.2) is 47.6 Å². The summed E-state index contributed by atoms with van der Waals surface area (Å²) in [5, 5.41) is 0. The number of rotatable bonds is 9. The van der Waals surface area contributed by atoms with Crippen LogP contribution in [0.3, 0.4) is 0 Å². The van der Waals surface area contributed by atoms with Crippen molar-refractivity contribution in [3.05, 3.63) is 47.6 Å². The lowest BCUT2D eigenvalue weighted by Crippen LogP contribution is -1.95. The SMILES string of the molecule is C=C(C)CC/C=C/CC/C=C/CCC1=C(C)CCC1=O. The molecule has 1 nitrogen and oxygen atoms in total. The van der Waals surface area contributed by atoms with Crippen molar-refractivity contribution in [2.45, 2.75) is 65.2 Å². The van der Waals surface area contributed by atoms with Crippen molar-refractivity contribution >= 4 is 5.78 Å². The molecule has 0 amide bonds. The molecule has 0 spiro atoms. The summed E-state index contributed by atoms with van der Waals surface area (Å²) in [6.45, 7) is 8.06. The highest BCUT2D eigenvalue weighted by Crippen LogP contribution is 2.25. The average Bonchev–Trinajstić information content (AvgIpc) is 2.71. The fourth-order valence-electron chi connectivity index (χ4n) is 2.41. The Balaban J connectivity index is 2.07. The van der Waals surface area contributed by atoms with Crippen LogP contribution in [0.4, 0.5) is 0 Å². The topological polar surface area (TPSA) is 17.1 Å². The maximum Gasteiger partial charge on any atom is 0.159 e. The summed E-state index contributed by atoms with van der Waals surface area (Å²) >= 11 is 0. The second-order valence-corrected chi connectivity index (χ2v) is 5.74. The predicted octanol–water partition coefficient (Wildman–Crippen LogP) is 5.69. The number of Topliss-reactive ketones (excluding diaryl/α,β-unsaturated/α-hetero) is 1. The Kier molecular flexibility index (Phi) is 7.94. The number of hydrogen-bond donors (Lipinski definition) is 0. The third kappa shape index (κ3) is 6.70. The van der Waals surface area contributed by atoms with Crippen LogP contribution in [0.5, 0.6) is 0 Å². The molecule has 110 valence electrons. The van der Waals surface area contributed by atoms with Gasteiger partial charge in [0.15, 0.2) is 5.78 Å². The van der Waals surface area contributed by atoms with Gasteiger partial charge >= 0.3 is 0 Å². The molecule has 1 heteroatoms. The average molecular weight is 272 g/mol. The van der Waals surface area contributed by atoms with Gasteiger partial charge in [-0.1, -0.05) is 35.5 Å². The number of carbonyl (C=O) groups excluding carboxylic acids is 1. The molecule has 0 atom stereocenters. The zero-order valence-corrected chi connectivity index (χ0v) is 13.1. The molecule has 1 aliphatic rings. The van der Waals surface area contributed by atoms with E-state index in [4.69, 9.17) is 0 Å². The normalized spacial score (nSPS) is 16.0. The van der Waals surface area contributed by atoms with Crippen molar-refractivity contribution in [1.29, 1.82) is 0 Å². The second-order valence-electron chi connectivity index (χ2n) is 5.74. The van der Waals surface area contributed by atoms with Crippen LogP contribution >= 0.6 is 0 Å². The number of unbranched alkanes of at least 4 members (excludes halogenated alkanes) is 1. The molecule has 0 bridgehead atoms. The van der Waals surface area contributed by atoms with Gasteiger partial charge in [0.2, 0.25) is 0 Å². The smallest absolute Gasteiger partial charge is 0.159 e. The van der Waals surface area contributed by atoms with E-state index in [2.05, 4.69) is 44.7 Å². The van der Waals surface area contributed by atoms with Crippen molar-refractivity contribution in [2.24, 2.45) is 0 Å². The first kappa shape index (κ1) is 16.7. The van der Waals surface area contributed by atoms with E-state index in [1.165, 1.54) is 11.1 Å². The van der Waals surface area contributed by atoms with E-state index in [0.717, 1.165) is 56.9 Å². The van der Waals surface area contributed by atoms with E-state index < -0.39 is 0 Å².